The van der Waals surface area contributed by atoms with Crippen molar-refractivity contribution in [2.24, 2.45) is 5.41 Å². The summed E-state index contributed by atoms with van der Waals surface area (Å²) < 4.78 is 5.27. The maximum Gasteiger partial charge on any atom is 0.176 e. The van der Waals surface area contributed by atoms with Crippen LogP contribution in [-0.4, -0.2) is 12.9 Å². The van der Waals surface area contributed by atoms with Crippen LogP contribution in [-0.2, 0) is 0 Å². The van der Waals surface area contributed by atoms with E-state index in [1.165, 1.54) is 5.57 Å². The van der Waals surface area contributed by atoms with Crippen LogP contribution in [0.1, 0.15) is 37.0 Å². The largest absolute Gasteiger partial charge is 0.496 e. The second-order valence-corrected chi connectivity index (χ2v) is 4.79. The fourth-order valence-electron chi connectivity index (χ4n) is 2.42. The highest BCUT2D eigenvalue weighted by atomic mass is 16.5. The molecule has 0 spiro atoms. The van der Waals surface area contributed by atoms with Gasteiger partial charge in [0.15, 0.2) is 5.78 Å². The summed E-state index contributed by atoms with van der Waals surface area (Å²) in [5.74, 6) is 0.833. The van der Waals surface area contributed by atoms with E-state index in [1.807, 2.05) is 38.1 Å². The lowest BCUT2D eigenvalue weighted by Gasteiger charge is -2.25. The topological polar surface area (TPSA) is 26.3 Å². The molecule has 2 nitrogen and oxygen atoms in total. The molecule has 17 heavy (non-hydrogen) atoms. The van der Waals surface area contributed by atoms with Crippen LogP contribution >= 0.6 is 0 Å². The lowest BCUT2D eigenvalue weighted by atomic mass is 9.77. The lowest BCUT2D eigenvalue weighted by molar-refractivity contribution is 0.0855. The quantitative estimate of drug-likeness (QED) is 0.585. The molecule has 1 aliphatic rings. The minimum absolute atomic E-state index is 0.168. The molecule has 0 radical (unpaired) electrons. The summed E-state index contributed by atoms with van der Waals surface area (Å²) in [6.07, 6.45) is 4.05. The second-order valence-electron chi connectivity index (χ2n) is 4.79. The number of allylic oxidation sites excluding steroid dienone is 2. The maximum absolute atomic E-state index is 12.6. The third-order valence-electron chi connectivity index (χ3n) is 3.82. The van der Waals surface area contributed by atoms with E-state index in [9.17, 15) is 4.79 Å². The number of hydrogen-bond acceptors (Lipinski definition) is 2. The number of ether oxygens (including phenoxy) is 1. The van der Waals surface area contributed by atoms with Gasteiger partial charge in [0.2, 0.25) is 0 Å². The van der Waals surface area contributed by atoms with Crippen molar-refractivity contribution in [1.82, 2.24) is 0 Å². The zero-order valence-corrected chi connectivity index (χ0v) is 10.6. The first-order valence-electron chi connectivity index (χ1n) is 5.94. The highest BCUT2D eigenvalue weighted by Gasteiger charge is 2.38. The Morgan fingerprint density at radius 1 is 1.35 bits per heavy atom. The van der Waals surface area contributed by atoms with Gasteiger partial charge in [-0.2, -0.15) is 0 Å². The summed E-state index contributed by atoms with van der Waals surface area (Å²) in [5, 5.41) is 0. The summed E-state index contributed by atoms with van der Waals surface area (Å²) in [4.78, 5) is 12.6. The van der Waals surface area contributed by atoms with Gasteiger partial charge in [0.25, 0.3) is 0 Å². The summed E-state index contributed by atoms with van der Waals surface area (Å²) in [6, 6.07) is 7.45. The van der Waals surface area contributed by atoms with E-state index < -0.39 is 0 Å². The van der Waals surface area contributed by atoms with E-state index in [2.05, 4.69) is 6.08 Å². The SMILES string of the molecule is COc1ccccc1C(=O)C1(C)CCC=C1C. The predicted molar refractivity (Wildman–Crippen MR) is 68.4 cm³/mol. The van der Waals surface area contributed by atoms with Crippen molar-refractivity contribution in [3.63, 3.8) is 0 Å². The molecular formula is C15H18O2. The van der Waals surface area contributed by atoms with Crippen LogP contribution in [0, 0.1) is 5.41 Å². The highest BCUT2D eigenvalue weighted by molar-refractivity contribution is 6.04. The number of ketones is 1. The monoisotopic (exact) mass is 230 g/mol. The molecule has 1 atom stereocenters. The fraction of sp³-hybridized carbons (Fsp3) is 0.400. The first-order chi connectivity index (χ1) is 8.09. The maximum atomic E-state index is 12.6. The average Bonchev–Trinajstić information content (AvgIpc) is 2.70. The van der Waals surface area contributed by atoms with E-state index in [1.54, 1.807) is 7.11 Å². The zero-order valence-electron chi connectivity index (χ0n) is 10.6. The Labute approximate surface area is 102 Å². The molecule has 0 aromatic heterocycles. The van der Waals surface area contributed by atoms with Crippen molar-refractivity contribution in [2.75, 3.05) is 7.11 Å². The molecule has 0 aliphatic heterocycles. The summed E-state index contributed by atoms with van der Waals surface area (Å²) >= 11 is 0. The van der Waals surface area contributed by atoms with Gasteiger partial charge >= 0.3 is 0 Å². The Morgan fingerprint density at radius 2 is 2.06 bits per heavy atom. The van der Waals surface area contributed by atoms with Crippen LogP contribution in [0.15, 0.2) is 35.9 Å². The van der Waals surface area contributed by atoms with Gasteiger partial charge in [-0.1, -0.05) is 23.8 Å². The molecule has 90 valence electrons. The van der Waals surface area contributed by atoms with Gasteiger partial charge < -0.3 is 4.74 Å². The number of benzene rings is 1. The van der Waals surface area contributed by atoms with Gasteiger partial charge in [-0.25, -0.2) is 0 Å². The lowest BCUT2D eigenvalue weighted by Crippen LogP contribution is -2.27. The van der Waals surface area contributed by atoms with E-state index in [0.29, 0.717) is 11.3 Å². The van der Waals surface area contributed by atoms with Crippen LogP contribution in [0.4, 0.5) is 0 Å². The third kappa shape index (κ3) is 1.88. The van der Waals surface area contributed by atoms with Crippen LogP contribution in [0.3, 0.4) is 0 Å². The third-order valence-corrected chi connectivity index (χ3v) is 3.82. The number of para-hydroxylation sites is 1. The Kier molecular flexibility index (Phi) is 3.05. The molecule has 0 amide bonds. The molecule has 1 aromatic rings. The Balaban J connectivity index is 2.41. The van der Waals surface area contributed by atoms with Gasteiger partial charge in [-0.05, 0) is 38.8 Å². The Morgan fingerprint density at radius 3 is 2.65 bits per heavy atom. The molecule has 0 saturated carbocycles. The van der Waals surface area contributed by atoms with Gasteiger partial charge in [0, 0.05) is 0 Å². The van der Waals surface area contributed by atoms with E-state index in [4.69, 9.17) is 4.74 Å². The normalized spacial score (nSPS) is 23.4. The van der Waals surface area contributed by atoms with E-state index in [-0.39, 0.29) is 11.2 Å². The standard InChI is InChI=1S/C15H18O2/c1-11-7-6-10-15(11,2)14(16)12-8-4-5-9-13(12)17-3/h4-5,7-9H,6,10H2,1-3H3. The molecule has 1 unspecified atom stereocenters. The van der Waals surface area contributed by atoms with Gasteiger partial charge in [-0.15, -0.1) is 0 Å². The van der Waals surface area contributed by atoms with Crippen LogP contribution in [0.5, 0.6) is 5.75 Å². The number of carbonyl (C=O) groups excluding carboxylic acids is 1. The van der Waals surface area contributed by atoms with Crippen molar-refractivity contribution in [3.8, 4) is 5.75 Å². The molecule has 0 saturated heterocycles. The minimum atomic E-state index is -0.353. The molecule has 0 fully saturated rings. The van der Waals surface area contributed by atoms with Gasteiger partial charge in [-0.3, -0.25) is 4.79 Å². The smallest absolute Gasteiger partial charge is 0.176 e. The molecule has 1 aliphatic carbocycles. The highest BCUT2D eigenvalue weighted by Crippen LogP contribution is 2.42. The number of methoxy groups -OCH3 is 1. The Bertz CT molecular complexity index is 474. The summed E-state index contributed by atoms with van der Waals surface area (Å²) in [7, 11) is 1.60. The van der Waals surface area contributed by atoms with Crippen molar-refractivity contribution < 1.29 is 9.53 Å². The molecule has 2 heteroatoms. The minimum Gasteiger partial charge on any atom is -0.496 e. The first kappa shape index (κ1) is 11.9. The van der Waals surface area contributed by atoms with Crippen molar-refractivity contribution in [1.29, 1.82) is 0 Å². The van der Waals surface area contributed by atoms with Gasteiger partial charge in [0.1, 0.15) is 5.75 Å². The molecule has 2 rings (SSSR count). The Hall–Kier alpha value is -1.57. The molecule has 0 heterocycles. The molecule has 1 aromatic carbocycles. The van der Waals surface area contributed by atoms with E-state index >= 15 is 0 Å². The number of Topliss-reactive ketones (excluding diaryl/α,β-unsaturated/α-hetero) is 1. The van der Waals surface area contributed by atoms with Gasteiger partial charge in [0.05, 0.1) is 18.1 Å². The van der Waals surface area contributed by atoms with Crippen LogP contribution < -0.4 is 4.74 Å². The molecular weight excluding hydrogens is 212 g/mol. The summed E-state index contributed by atoms with van der Waals surface area (Å²) in [6.45, 7) is 4.07. The first-order valence-corrected chi connectivity index (χ1v) is 5.94. The number of hydrogen-bond donors (Lipinski definition) is 0. The van der Waals surface area contributed by atoms with Crippen molar-refractivity contribution >= 4 is 5.78 Å². The molecule has 0 bridgehead atoms. The predicted octanol–water partition coefficient (Wildman–Crippen LogP) is 3.62. The molecule has 0 N–H and O–H groups in total. The average molecular weight is 230 g/mol. The van der Waals surface area contributed by atoms with Crippen molar-refractivity contribution in [3.05, 3.63) is 41.5 Å². The van der Waals surface area contributed by atoms with E-state index in [0.717, 1.165) is 12.8 Å². The number of carbonyl (C=O) groups is 1. The summed E-state index contributed by atoms with van der Waals surface area (Å²) in [5.41, 5.74) is 1.51. The number of rotatable bonds is 3. The zero-order chi connectivity index (χ0) is 12.5. The van der Waals surface area contributed by atoms with Crippen LogP contribution in [0.25, 0.3) is 0 Å². The van der Waals surface area contributed by atoms with Crippen molar-refractivity contribution in [2.45, 2.75) is 26.7 Å². The van der Waals surface area contributed by atoms with Crippen LogP contribution in [0.2, 0.25) is 0 Å². The fourth-order valence-corrected chi connectivity index (χ4v) is 2.42. The second kappa shape index (κ2) is 4.36.